The summed E-state index contributed by atoms with van der Waals surface area (Å²) in [7, 11) is 0. The van der Waals surface area contributed by atoms with Gasteiger partial charge in [-0.05, 0) is 17.7 Å². The first-order chi connectivity index (χ1) is 9.83. The summed E-state index contributed by atoms with van der Waals surface area (Å²) in [5.74, 6) is -0.292. The van der Waals surface area contributed by atoms with Crippen LogP contribution in [-0.2, 0) is 6.54 Å². The molecule has 0 atom stereocenters. The van der Waals surface area contributed by atoms with Crippen LogP contribution in [0.1, 0.15) is 16.1 Å². The van der Waals surface area contributed by atoms with Crippen LogP contribution in [0.2, 0.25) is 0 Å². The van der Waals surface area contributed by atoms with E-state index in [1.807, 2.05) is 12.1 Å². The van der Waals surface area contributed by atoms with Crippen molar-refractivity contribution in [1.82, 2.24) is 30.2 Å². The van der Waals surface area contributed by atoms with E-state index in [2.05, 4.69) is 30.2 Å². The van der Waals surface area contributed by atoms with Crippen molar-refractivity contribution in [3.05, 3.63) is 54.5 Å². The lowest BCUT2D eigenvalue weighted by molar-refractivity contribution is 0.0946. The largest absolute Gasteiger partial charge is 0.347 e. The molecule has 0 radical (unpaired) electrons. The van der Waals surface area contributed by atoms with E-state index < -0.39 is 0 Å². The van der Waals surface area contributed by atoms with E-state index in [9.17, 15) is 4.79 Å². The Kier molecular flexibility index (Phi) is 3.24. The number of rotatable bonds is 3. The van der Waals surface area contributed by atoms with Crippen LogP contribution < -0.4 is 5.32 Å². The van der Waals surface area contributed by atoms with Crippen LogP contribution in [0.15, 0.2) is 43.2 Å². The van der Waals surface area contributed by atoms with Gasteiger partial charge in [-0.3, -0.25) is 9.78 Å². The molecule has 1 N–H and O–H groups in total. The fourth-order valence-corrected chi connectivity index (χ4v) is 1.66. The van der Waals surface area contributed by atoms with Crippen molar-refractivity contribution in [1.29, 1.82) is 0 Å². The number of carbonyl (C=O) groups is 1. The zero-order valence-corrected chi connectivity index (χ0v) is 10.4. The van der Waals surface area contributed by atoms with E-state index in [1.165, 1.54) is 18.7 Å². The minimum absolute atomic E-state index is 0.237. The molecule has 0 saturated carbocycles. The molecular weight excluding hydrogens is 256 g/mol. The molecular formula is C13H10N6O. The topological polar surface area (TPSA) is 93.6 Å². The zero-order chi connectivity index (χ0) is 13.8. The Morgan fingerprint density at radius 2 is 1.95 bits per heavy atom. The first-order valence-corrected chi connectivity index (χ1v) is 5.93. The van der Waals surface area contributed by atoms with E-state index in [1.54, 1.807) is 12.4 Å². The molecule has 0 bridgehead atoms. The number of carbonyl (C=O) groups excluding carboxylic acids is 1. The maximum absolute atomic E-state index is 12.0. The van der Waals surface area contributed by atoms with Gasteiger partial charge in [-0.2, -0.15) is 0 Å². The minimum Gasteiger partial charge on any atom is -0.347 e. The summed E-state index contributed by atoms with van der Waals surface area (Å²) in [5, 5.41) is 2.77. The maximum atomic E-state index is 12.0. The number of pyridine rings is 1. The van der Waals surface area contributed by atoms with Crippen molar-refractivity contribution in [3.63, 3.8) is 0 Å². The summed E-state index contributed by atoms with van der Waals surface area (Å²) in [5.41, 5.74) is 2.15. The molecule has 0 aliphatic rings. The monoisotopic (exact) mass is 266 g/mol. The standard InChI is InChI=1S/C13H10N6O/c20-13(17-5-9-1-3-14-4-2-9)11-7-16-12-10(19-11)6-15-8-18-12/h1-4,6-8H,5H2,(H,17,20). The highest BCUT2D eigenvalue weighted by atomic mass is 16.1. The Morgan fingerprint density at radius 3 is 2.80 bits per heavy atom. The highest BCUT2D eigenvalue weighted by Gasteiger charge is 2.09. The second kappa shape index (κ2) is 5.35. The number of fused-ring (bicyclic) bond motifs is 1. The number of nitrogens with zero attached hydrogens (tertiary/aromatic N) is 5. The van der Waals surface area contributed by atoms with Crippen LogP contribution >= 0.6 is 0 Å². The van der Waals surface area contributed by atoms with Gasteiger partial charge in [0.15, 0.2) is 5.65 Å². The third kappa shape index (κ3) is 2.56. The fourth-order valence-electron chi connectivity index (χ4n) is 1.66. The van der Waals surface area contributed by atoms with Gasteiger partial charge in [-0.1, -0.05) is 0 Å². The second-order valence-corrected chi connectivity index (χ2v) is 4.02. The van der Waals surface area contributed by atoms with Gasteiger partial charge in [0.05, 0.1) is 12.4 Å². The molecule has 3 heterocycles. The highest BCUT2D eigenvalue weighted by molar-refractivity contribution is 5.93. The second-order valence-electron chi connectivity index (χ2n) is 4.02. The van der Waals surface area contributed by atoms with Crippen LogP contribution in [0.25, 0.3) is 11.2 Å². The average molecular weight is 266 g/mol. The van der Waals surface area contributed by atoms with Crippen LogP contribution in [0.4, 0.5) is 0 Å². The molecule has 0 fully saturated rings. The number of nitrogens with one attached hydrogen (secondary N) is 1. The van der Waals surface area contributed by atoms with Gasteiger partial charge in [0.1, 0.15) is 17.5 Å². The van der Waals surface area contributed by atoms with Gasteiger partial charge >= 0.3 is 0 Å². The summed E-state index contributed by atoms with van der Waals surface area (Å²) in [6.07, 6.45) is 7.66. The molecule has 0 spiro atoms. The molecule has 0 aliphatic heterocycles. The third-order valence-corrected chi connectivity index (χ3v) is 2.66. The van der Waals surface area contributed by atoms with E-state index in [0.29, 0.717) is 17.7 Å². The van der Waals surface area contributed by atoms with Crippen LogP contribution in [0, 0.1) is 0 Å². The van der Waals surface area contributed by atoms with E-state index in [4.69, 9.17) is 0 Å². The first-order valence-electron chi connectivity index (χ1n) is 5.93. The Labute approximate surface area is 114 Å². The molecule has 7 heteroatoms. The van der Waals surface area contributed by atoms with Gasteiger partial charge in [-0.25, -0.2) is 19.9 Å². The molecule has 0 saturated heterocycles. The summed E-state index contributed by atoms with van der Waals surface area (Å²) in [4.78, 5) is 32.0. The molecule has 0 aromatic carbocycles. The van der Waals surface area contributed by atoms with Crippen molar-refractivity contribution in [2.45, 2.75) is 6.54 Å². The summed E-state index contributed by atoms with van der Waals surface area (Å²) in [6, 6.07) is 3.67. The molecule has 20 heavy (non-hydrogen) atoms. The quantitative estimate of drug-likeness (QED) is 0.751. The van der Waals surface area contributed by atoms with Gasteiger partial charge in [0.25, 0.3) is 5.91 Å². The van der Waals surface area contributed by atoms with Crippen LogP contribution in [0.5, 0.6) is 0 Å². The molecule has 98 valence electrons. The van der Waals surface area contributed by atoms with Crippen molar-refractivity contribution in [2.24, 2.45) is 0 Å². The van der Waals surface area contributed by atoms with Crippen molar-refractivity contribution < 1.29 is 4.79 Å². The number of aromatic nitrogens is 5. The van der Waals surface area contributed by atoms with Crippen LogP contribution in [0.3, 0.4) is 0 Å². The number of hydrogen-bond donors (Lipinski definition) is 1. The Morgan fingerprint density at radius 1 is 1.10 bits per heavy atom. The van der Waals surface area contributed by atoms with Crippen molar-refractivity contribution >= 4 is 17.1 Å². The van der Waals surface area contributed by atoms with Crippen molar-refractivity contribution in [2.75, 3.05) is 0 Å². The SMILES string of the molecule is O=C(NCc1ccncc1)c1cnc2ncncc2n1. The van der Waals surface area contributed by atoms with E-state index in [-0.39, 0.29) is 11.6 Å². The van der Waals surface area contributed by atoms with Gasteiger partial charge in [-0.15, -0.1) is 0 Å². The molecule has 1 amide bonds. The normalized spacial score (nSPS) is 10.4. The minimum atomic E-state index is -0.292. The van der Waals surface area contributed by atoms with Gasteiger partial charge in [0, 0.05) is 18.9 Å². The summed E-state index contributed by atoms with van der Waals surface area (Å²) >= 11 is 0. The molecule has 0 aliphatic carbocycles. The Balaban J connectivity index is 1.75. The lowest BCUT2D eigenvalue weighted by Gasteiger charge is -2.04. The third-order valence-electron chi connectivity index (χ3n) is 2.66. The average Bonchev–Trinajstić information content (AvgIpc) is 2.53. The molecule has 3 aromatic heterocycles. The zero-order valence-electron chi connectivity index (χ0n) is 10.4. The first kappa shape index (κ1) is 12.1. The molecule has 0 unspecified atom stereocenters. The predicted molar refractivity (Wildman–Crippen MR) is 70.5 cm³/mol. The molecule has 7 nitrogen and oxygen atoms in total. The van der Waals surface area contributed by atoms with Crippen molar-refractivity contribution in [3.8, 4) is 0 Å². The predicted octanol–water partition coefficient (Wildman–Crippen LogP) is 0.745. The maximum Gasteiger partial charge on any atom is 0.271 e. The lowest BCUT2D eigenvalue weighted by Crippen LogP contribution is -2.24. The smallest absolute Gasteiger partial charge is 0.271 e. The lowest BCUT2D eigenvalue weighted by atomic mass is 10.2. The van der Waals surface area contributed by atoms with Crippen LogP contribution in [-0.4, -0.2) is 30.8 Å². The van der Waals surface area contributed by atoms with E-state index in [0.717, 1.165) is 5.56 Å². The van der Waals surface area contributed by atoms with Gasteiger partial charge in [0.2, 0.25) is 0 Å². The Bertz CT molecular complexity index is 746. The highest BCUT2D eigenvalue weighted by Crippen LogP contribution is 2.04. The Hall–Kier alpha value is -2.96. The number of hydrogen-bond acceptors (Lipinski definition) is 6. The number of amides is 1. The van der Waals surface area contributed by atoms with E-state index >= 15 is 0 Å². The summed E-state index contributed by atoms with van der Waals surface area (Å²) < 4.78 is 0. The fraction of sp³-hybridized carbons (Fsp3) is 0.0769. The molecule has 3 aromatic rings. The summed E-state index contributed by atoms with van der Waals surface area (Å²) in [6.45, 7) is 0.409. The van der Waals surface area contributed by atoms with Gasteiger partial charge < -0.3 is 5.32 Å². The molecule has 3 rings (SSSR count).